The average molecular weight is 665 g/mol. The van der Waals surface area contributed by atoms with Gasteiger partial charge < -0.3 is 35.6 Å². The Morgan fingerprint density at radius 2 is 1.81 bits per heavy atom. The van der Waals surface area contributed by atoms with Crippen molar-refractivity contribution in [2.24, 2.45) is 0 Å². The van der Waals surface area contributed by atoms with Crippen molar-refractivity contribution in [3.05, 3.63) is 87.8 Å². The van der Waals surface area contributed by atoms with Crippen LogP contribution in [0.15, 0.2) is 64.7 Å². The first-order chi connectivity index (χ1) is 22.2. The van der Waals surface area contributed by atoms with Crippen molar-refractivity contribution in [2.75, 3.05) is 6.61 Å². The lowest BCUT2D eigenvalue weighted by Crippen LogP contribution is -2.58. The molecule has 0 radical (unpaired) electrons. The highest BCUT2D eigenvalue weighted by molar-refractivity contribution is 6.31. The van der Waals surface area contributed by atoms with Gasteiger partial charge in [-0.15, -0.1) is 0 Å². The number of nitrogens with zero attached hydrogens (tertiary/aromatic N) is 2. The largest absolute Gasteiger partial charge is 0.491 e. The summed E-state index contributed by atoms with van der Waals surface area (Å²) in [6, 6.07) is 13.8. The van der Waals surface area contributed by atoms with Gasteiger partial charge in [0.15, 0.2) is 5.69 Å². The standard InChI is InChI=1S/C33H37ClN6O7/c1-19-13-26(40-47-19)31(44)38-28(20(2)41)32(45)37-27(30(43)36-17-22-10-6-7-12-25(22)34)18-46-24-11-8-9-21(15-24)14-23(16-35)29(42)39-33(3,4)5/h6-15,20,27-28,41H,17-18H2,1-5H3,(H,36,43)(H,37,45)(H,38,44)(H,39,42)/t20-,27+,28+/m1/s1. The summed E-state index contributed by atoms with van der Waals surface area (Å²) < 4.78 is 10.8. The molecule has 0 aliphatic heterocycles. The number of nitrogens with one attached hydrogen (secondary N) is 4. The summed E-state index contributed by atoms with van der Waals surface area (Å²) in [4.78, 5) is 51.9. The zero-order chi connectivity index (χ0) is 34.7. The first-order valence-electron chi connectivity index (χ1n) is 14.6. The molecule has 0 spiro atoms. The van der Waals surface area contributed by atoms with Crippen LogP contribution >= 0.6 is 11.6 Å². The lowest BCUT2D eigenvalue weighted by Gasteiger charge is -2.24. The van der Waals surface area contributed by atoms with Crippen LogP contribution in [-0.2, 0) is 20.9 Å². The minimum atomic E-state index is -1.46. The molecule has 0 saturated heterocycles. The van der Waals surface area contributed by atoms with Gasteiger partial charge in [0.05, 0.1) is 6.10 Å². The summed E-state index contributed by atoms with van der Waals surface area (Å²) in [6.45, 7) is 7.95. The predicted molar refractivity (Wildman–Crippen MR) is 173 cm³/mol. The number of benzene rings is 2. The number of aryl methyl sites for hydroxylation is 1. The van der Waals surface area contributed by atoms with Crippen LogP contribution in [0.5, 0.6) is 5.75 Å². The van der Waals surface area contributed by atoms with Crippen molar-refractivity contribution >= 4 is 41.3 Å². The fourth-order valence-electron chi connectivity index (χ4n) is 4.08. The molecule has 0 bridgehead atoms. The number of hydrogen-bond donors (Lipinski definition) is 5. The zero-order valence-corrected chi connectivity index (χ0v) is 27.3. The van der Waals surface area contributed by atoms with Crippen molar-refractivity contribution in [1.82, 2.24) is 26.4 Å². The molecule has 3 atom stereocenters. The molecule has 4 amide bonds. The molecule has 5 N–H and O–H groups in total. The fraction of sp³-hybridized carbons (Fsp3) is 0.333. The molecule has 248 valence electrons. The first kappa shape index (κ1) is 36.3. The normalized spacial score (nSPS) is 13.4. The summed E-state index contributed by atoms with van der Waals surface area (Å²) in [6.07, 6.45) is 0.0449. The number of carbonyl (C=O) groups is 4. The maximum absolute atomic E-state index is 13.4. The first-order valence-corrected chi connectivity index (χ1v) is 15.0. The van der Waals surface area contributed by atoms with E-state index in [0.29, 0.717) is 21.9 Å². The second-order valence-corrected chi connectivity index (χ2v) is 12.0. The van der Waals surface area contributed by atoms with E-state index in [1.807, 2.05) is 6.07 Å². The molecule has 0 aliphatic rings. The predicted octanol–water partition coefficient (Wildman–Crippen LogP) is 2.82. The molecule has 0 unspecified atom stereocenters. The van der Waals surface area contributed by atoms with Gasteiger partial charge in [-0.25, -0.2) is 0 Å². The van der Waals surface area contributed by atoms with Gasteiger partial charge in [0.1, 0.15) is 41.8 Å². The monoisotopic (exact) mass is 664 g/mol. The Bertz CT molecular complexity index is 1670. The number of hydrogen-bond acceptors (Lipinski definition) is 9. The van der Waals surface area contributed by atoms with Gasteiger partial charge in [0.2, 0.25) is 11.8 Å². The third-order valence-corrected chi connectivity index (χ3v) is 6.76. The Balaban J connectivity index is 1.80. The molecule has 0 aliphatic carbocycles. The molecular formula is C33H37ClN6O7. The summed E-state index contributed by atoms with van der Waals surface area (Å²) in [5.41, 5.74) is 0.353. The van der Waals surface area contributed by atoms with Gasteiger partial charge in [0.25, 0.3) is 11.8 Å². The molecule has 13 nitrogen and oxygen atoms in total. The van der Waals surface area contributed by atoms with Crippen LogP contribution in [0.4, 0.5) is 0 Å². The SMILES string of the molecule is Cc1cc(C(=O)N[C@H](C(=O)N[C@@H](COc2cccc(C=C(C#N)C(=O)NC(C)(C)C)c2)C(=O)NCc2ccccc2Cl)[C@@H](C)O)no1. The van der Waals surface area contributed by atoms with Gasteiger partial charge >= 0.3 is 0 Å². The minimum Gasteiger partial charge on any atom is -0.491 e. The number of aromatic nitrogens is 1. The number of aliphatic hydroxyl groups is 1. The Labute approximate surface area is 277 Å². The van der Waals surface area contributed by atoms with Crippen LogP contribution in [-0.4, -0.2) is 64.2 Å². The van der Waals surface area contributed by atoms with Crippen molar-refractivity contribution in [3.8, 4) is 11.8 Å². The maximum atomic E-state index is 13.4. The Hall–Kier alpha value is -5.19. The van der Waals surface area contributed by atoms with Crippen LogP contribution in [0.2, 0.25) is 5.02 Å². The molecule has 14 heteroatoms. The van der Waals surface area contributed by atoms with Crippen LogP contribution in [0.25, 0.3) is 6.08 Å². The van der Waals surface area contributed by atoms with E-state index in [-0.39, 0.29) is 30.2 Å². The van der Waals surface area contributed by atoms with Crippen molar-refractivity contribution in [1.29, 1.82) is 5.26 Å². The topological polar surface area (TPSA) is 196 Å². The van der Waals surface area contributed by atoms with E-state index in [9.17, 15) is 29.5 Å². The van der Waals surface area contributed by atoms with E-state index in [4.69, 9.17) is 20.9 Å². The summed E-state index contributed by atoms with van der Waals surface area (Å²) >= 11 is 6.23. The average Bonchev–Trinajstić information content (AvgIpc) is 3.45. The smallest absolute Gasteiger partial charge is 0.274 e. The molecule has 1 aromatic heterocycles. The molecule has 47 heavy (non-hydrogen) atoms. The molecule has 3 aromatic rings. The fourth-order valence-corrected chi connectivity index (χ4v) is 4.28. The third-order valence-electron chi connectivity index (χ3n) is 6.40. The van der Waals surface area contributed by atoms with Gasteiger partial charge in [-0.1, -0.05) is 47.1 Å². The second-order valence-electron chi connectivity index (χ2n) is 11.6. The minimum absolute atomic E-state index is 0.0425. The highest BCUT2D eigenvalue weighted by Gasteiger charge is 2.31. The van der Waals surface area contributed by atoms with Crippen LogP contribution in [0.3, 0.4) is 0 Å². The number of ether oxygens (including phenoxy) is 1. The summed E-state index contributed by atoms with van der Waals surface area (Å²) in [5, 5.41) is 34.3. The summed E-state index contributed by atoms with van der Waals surface area (Å²) in [5.74, 6) is -2.17. The number of halogens is 1. The van der Waals surface area contributed by atoms with Gasteiger partial charge in [-0.2, -0.15) is 5.26 Å². The van der Waals surface area contributed by atoms with Gasteiger partial charge in [-0.3, -0.25) is 19.2 Å². The summed E-state index contributed by atoms with van der Waals surface area (Å²) in [7, 11) is 0. The van der Waals surface area contributed by atoms with E-state index in [0.717, 1.165) is 0 Å². The van der Waals surface area contributed by atoms with E-state index in [1.54, 1.807) is 76.2 Å². The number of aliphatic hydroxyl groups excluding tert-OH is 1. The molecule has 0 fully saturated rings. The Kier molecular flexibility index (Phi) is 12.7. The van der Waals surface area contributed by atoms with Crippen molar-refractivity contribution in [3.63, 3.8) is 0 Å². The van der Waals surface area contributed by atoms with E-state index in [2.05, 4.69) is 26.4 Å². The van der Waals surface area contributed by atoms with Crippen molar-refractivity contribution in [2.45, 2.75) is 64.9 Å². The highest BCUT2D eigenvalue weighted by atomic mass is 35.5. The van der Waals surface area contributed by atoms with Crippen molar-refractivity contribution < 1.29 is 33.5 Å². The molecule has 0 saturated carbocycles. The Morgan fingerprint density at radius 3 is 2.43 bits per heavy atom. The molecule has 1 heterocycles. The Morgan fingerprint density at radius 1 is 1.09 bits per heavy atom. The van der Waals surface area contributed by atoms with E-state index < -0.39 is 47.4 Å². The number of amides is 4. The lowest BCUT2D eigenvalue weighted by atomic mass is 10.1. The molecule has 3 rings (SSSR count). The number of rotatable bonds is 13. The number of nitriles is 1. The van der Waals surface area contributed by atoms with Crippen LogP contribution in [0, 0.1) is 18.3 Å². The van der Waals surface area contributed by atoms with E-state index >= 15 is 0 Å². The van der Waals surface area contributed by atoms with E-state index in [1.165, 1.54) is 19.1 Å². The number of carbonyl (C=O) groups excluding carboxylic acids is 4. The highest BCUT2D eigenvalue weighted by Crippen LogP contribution is 2.18. The lowest BCUT2D eigenvalue weighted by molar-refractivity contribution is -0.132. The van der Waals surface area contributed by atoms with Crippen LogP contribution in [0.1, 0.15) is 55.1 Å². The quantitative estimate of drug-likeness (QED) is 0.135. The third kappa shape index (κ3) is 11.3. The molecular weight excluding hydrogens is 628 g/mol. The molecule has 2 aromatic carbocycles. The zero-order valence-electron chi connectivity index (χ0n) is 26.6. The maximum Gasteiger partial charge on any atom is 0.274 e. The second kappa shape index (κ2) is 16.4. The van der Waals surface area contributed by atoms with Gasteiger partial charge in [-0.05, 0) is 70.0 Å². The van der Waals surface area contributed by atoms with Crippen LogP contribution < -0.4 is 26.0 Å². The van der Waals surface area contributed by atoms with Gasteiger partial charge in [0, 0.05) is 23.2 Å².